The summed E-state index contributed by atoms with van der Waals surface area (Å²) in [6, 6.07) is 8.65. The third-order valence-corrected chi connectivity index (χ3v) is 1.90. The van der Waals surface area contributed by atoms with Crippen molar-refractivity contribution < 1.29 is 14.3 Å². The van der Waals surface area contributed by atoms with Gasteiger partial charge in [0.1, 0.15) is 0 Å². The summed E-state index contributed by atoms with van der Waals surface area (Å²) in [5, 5.41) is 0. The van der Waals surface area contributed by atoms with Gasteiger partial charge in [0.15, 0.2) is 0 Å². The van der Waals surface area contributed by atoms with Crippen LogP contribution in [0.1, 0.15) is 18.6 Å². The Hall–Kier alpha value is -2.10. The number of carbonyl (C=O) groups excluding carboxylic acids is 2. The fraction of sp³-hybridized carbons (Fsp3) is 0.167. The highest BCUT2D eigenvalue weighted by atomic mass is 16.5. The van der Waals surface area contributed by atoms with Crippen LogP contribution >= 0.6 is 0 Å². The van der Waals surface area contributed by atoms with Crippen LogP contribution in [-0.2, 0) is 14.3 Å². The maximum Gasteiger partial charge on any atom is 0.331 e. The second-order valence-corrected chi connectivity index (χ2v) is 3.13. The molecule has 0 bridgehead atoms. The van der Waals surface area contributed by atoms with Gasteiger partial charge >= 0.3 is 5.97 Å². The first kappa shape index (κ1) is 12.0. The predicted molar refractivity (Wildman–Crippen MR) is 59.3 cm³/mol. The number of benzene rings is 1. The number of esters is 1. The van der Waals surface area contributed by atoms with Crippen molar-refractivity contribution in [3.63, 3.8) is 0 Å². The second-order valence-electron chi connectivity index (χ2n) is 3.13. The Labute approximate surface area is 93.7 Å². The van der Waals surface area contributed by atoms with Gasteiger partial charge in [-0.25, -0.2) is 4.79 Å². The summed E-state index contributed by atoms with van der Waals surface area (Å²) in [6.07, 6.45) is 1.73. The highest BCUT2D eigenvalue weighted by Crippen LogP contribution is 2.16. The van der Waals surface area contributed by atoms with E-state index in [1.165, 1.54) is 12.2 Å². The van der Waals surface area contributed by atoms with Crippen molar-refractivity contribution in [3.05, 3.63) is 48.0 Å². The Kier molecular flexibility index (Phi) is 4.27. The Morgan fingerprint density at radius 1 is 1.31 bits per heavy atom. The van der Waals surface area contributed by atoms with E-state index in [1.807, 2.05) is 0 Å². The van der Waals surface area contributed by atoms with Crippen LogP contribution in [0.15, 0.2) is 42.5 Å². The number of amides is 1. The Bertz CT molecular complexity index is 398. The molecule has 1 aromatic rings. The van der Waals surface area contributed by atoms with Gasteiger partial charge in [-0.3, -0.25) is 4.79 Å². The maximum absolute atomic E-state index is 11.2. The van der Waals surface area contributed by atoms with Gasteiger partial charge in [-0.05, 0) is 6.92 Å². The molecule has 1 amide bonds. The average molecular weight is 219 g/mol. The van der Waals surface area contributed by atoms with Gasteiger partial charge in [-0.1, -0.05) is 36.4 Å². The molecule has 4 heteroatoms. The van der Waals surface area contributed by atoms with E-state index in [9.17, 15) is 9.59 Å². The average Bonchev–Trinajstić information content (AvgIpc) is 2.27. The Morgan fingerprint density at radius 2 is 1.94 bits per heavy atom. The molecule has 0 aliphatic heterocycles. The molecule has 0 aliphatic carbocycles. The standard InChI is InChI=1S/C12H13NO3/c1-2-6-10(14)16-11(12(13)15)9-7-4-3-5-8-9/h2-8,11H,1H3,(H2,13,15)/b6-2+. The van der Waals surface area contributed by atoms with Gasteiger partial charge in [0.2, 0.25) is 6.10 Å². The summed E-state index contributed by atoms with van der Waals surface area (Å²) < 4.78 is 4.94. The normalized spacial score (nSPS) is 12.3. The quantitative estimate of drug-likeness (QED) is 0.613. The SMILES string of the molecule is C/C=C/C(=O)OC(C(N)=O)c1ccccc1. The number of hydrogen-bond donors (Lipinski definition) is 1. The Balaban J connectivity index is 2.85. The molecule has 0 fully saturated rings. The van der Waals surface area contributed by atoms with E-state index in [1.54, 1.807) is 37.3 Å². The van der Waals surface area contributed by atoms with Crippen LogP contribution in [0.5, 0.6) is 0 Å². The van der Waals surface area contributed by atoms with Crippen LogP contribution in [-0.4, -0.2) is 11.9 Å². The lowest BCUT2D eigenvalue weighted by molar-refractivity contribution is -0.150. The van der Waals surface area contributed by atoms with E-state index in [0.29, 0.717) is 5.56 Å². The van der Waals surface area contributed by atoms with Gasteiger partial charge < -0.3 is 10.5 Å². The van der Waals surface area contributed by atoms with Crippen LogP contribution in [0.25, 0.3) is 0 Å². The summed E-state index contributed by atoms with van der Waals surface area (Å²) in [4.78, 5) is 22.4. The smallest absolute Gasteiger partial charge is 0.331 e. The molecule has 2 N–H and O–H groups in total. The van der Waals surface area contributed by atoms with Gasteiger partial charge in [0, 0.05) is 11.6 Å². The van der Waals surface area contributed by atoms with Gasteiger partial charge in [0.05, 0.1) is 0 Å². The zero-order valence-electron chi connectivity index (χ0n) is 8.92. The molecule has 0 saturated carbocycles. The van der Waals surface area contributed by atoms with E-state index >= 15 is 0 Å². The number of ether oxygens (including phenoxy) is 1. The number of carbonyl (C=O) groups is 2. The zero-order chi connectivity index (χ0) is 12.0. The van der Waals surface area contributed by atoms with Crippen molar-refractivity contribution in [3.8, 4) is 0 Å². The lowest BCUT2D eigenvalue weighted by Gasteiger charge is -2.13. The fourth-order valence-electron chi connectivity index (χ4n) is 1.21. The molecular weight excluding hydrogens is 206 g/mol. The molecule has 0 aromatic heterocycles. The number of allylic oxidation sites excluding steroid dienone is 1. The maximum atomic E-state index is 11.2. The molecule has 0 saturated heterocycles. The van der Waals surface area contributed by atoms with E-state index in [0.717, 1.165) is 0 Å². The van der Waals surface area contributed by atoms with Crippen LogP contribution < -0.4 is 5.73 Å². The van der Waals surface area contributed by atoms with Crippen molar-refractivity contribution in [1.82, 2.24) is 0 Å². The van der Waals surface area contributed by atoms with Crippen LogP contribution in [0.3, 0.4) is 0 Å². The largest absolute Gasteiger partial charge is 0.444 e. The second kappa shape index (κ2) is 5.70. The minimum absolute atomic E-state index is 0.563. The summed E-state index contributed by atoms with van der Waals surface area (Å²) >= 11 is 0. The lowest BCUT2D eigenvalue weighted by atomic mass is 10.1. The molecular formula is C12H13NO3. The molecule has 0 spiro atoms. The molecule has 4 nitrogen and oxygen atoms in total. The van der Waals surface area contributed by atoms with Gasteiger partial charge in [-0.15, -0.1) is 0 Å². The molecule has 1 aromatic carbocycles. The highest BCUT2D eigenvalue weighted by molar-refractivity contribution is 5.87. The van der Waals surface area contributed by atoms with Gasteiger partial charge in [0.25, 0.3) is 5.91 Å². The number of primary amides is 1. The fourth-order valence-corrected chi connectivity index (χ4v) is 1.21. The van der Waals surface area contributed by atoms with Crippen molar-refractivity contribution in [1.29, 1.82) is 0 Å². The topological polar surface area (TPSA) is 69.4 Å². The van der Waals surface area contributed by atoms with Crippen molar-refractivity contribution in [2.24, 2.45) is 5.73 Å². The van der Waals surface area contributed by atoms with Gasteiger partial charge in [-0.2, -0.15) is 0 Å². The third kappa shape index (κ3) is 3.24. The number of hydrogen-bond acceptors (Lipinski definition) is 3. The molecule has 0 aliphatic rings. The van der Waals surface area contributed by atoms with Crippen LogP contribution in [0.2, 0.25) is 0 Å². The first-order valence-electron chi connectivity index (χ1n) is 4.82. The van der Waals surface area contributed by atoms with E-state index in [4.69, 9.17) is 10.5 Å². The van der Waals surface area contributed by atoms with Crippen molar-refractivity contribution in [2.45, 2.75) is 13.0 Å². The van der Waals surface area contributed by atoms with Crippen molar-refractivity contribution in [2.75, 3.05) is 0 Å². The summed E-state index contributed by atoms with van der Waals surface area (Å²) in [6.45, 7) is 1.68. The molecule has 84 valence electrons. The van der Waals surface area contributed by atoms with Crippen LogP contribution in [0.4, 0.5) is 0 Å². The zero-order valence-corrected chi connectivity index (χ0v) is 8.92. The van der Waals surface area contributed by atoms with E-state index in [-0.39, 0.29) is 0 Å². The summed E-state index contributed by atoms with van der Waals surface area (Å²) in [5.41, 5.74) is 5.74. The summed E-state index contributed by atoms with van der Waals surface area (Å²) in [5.74, 6) is -1.28. The van der Waals surface area contributed by atoms with E-state index in [2.05, 4.69) is 0 Å². The lowest BCUT2D eigenvalue weighted by Crippen LogP contribution is -2.25. The molecule has 1 atom stereocenters. The Morgan fingerprint density at radius 3 is 2.44 bits per heavy atom. The van der Waals surface area contributed by atoms with Crippen molar-refractivity contribution >= 4 is 11.9 Å². The molecule has 1 rings (SSSR count). The first-order valence-corrected chi connectivity index (χ1v) is 4.82. The van der Waals surface area contributed by atoms with Crippen LogP contribution in [0, 0.1) is 0 Å². The highest BCUT2D eigenvalue weighted by Gasteiger charge is 2.20. The minimum Gasteiger partial charge on any atom is -0.444 e. The minimum atomic E-state index is -1.04. The monoisotopic (exact) mass is 219 g/mol. The number of nitrogens with two attached hydrogens (primary N) is 1. The molecule has 0 radical (unpaired) electrons. The predicted octanol–water partition coefficient (Wildman–Crippen LogP) is 1.33. The molecule has 16 heavy (non-hydrogen) atoms. The number of rotatable bonds is 4. The molecule has 0 heterocycles. The third-order valence-electron chi connectivity index (χ3n) is 1.90. The molecule has 1 unspecified atom stereocenters. The van der Waals surface area contributed by atoms with E-state index < -0.39 is 18.0 Å². The summed E-state index contributed by atoms with van der Waals surface area (Å²) in [7, 11) is 0. The first-order chi connectivity index (χ1) is 7.65.